The third kappa shape index (κ3) is 2.70. The van der Waals surface area contributed by atoms with Crippen LogP contribution in [0.15, 0.2) is 30.6 Å². The molecule has 23 heavy (non-hydrogen) atoms. The Morgan fingerprint density at radius 2 is 1.96 bits per heavy atom. The molecule has 1 aliphatic heterocycles. The van der Waals surface area contributed by atoms with Crippen molar-refractivity contribution < 1.29 is 0 Å². The number of nitrogens with one attached hydrogen (secondary N) is 1. The molecule has 0 aromatic carbocycles. The zero-order valence-corrected chi connectivity index (χ0v) is 13.7. The summed E-state index contributed by atoms with van der Waals surface area (Å²) in [5.41, 5.74) is 5.69. The van der Waals surface area contributed by atoms with Gasteiger partial charge in [-0.15, -0.1) is 0 Å². The second-order valence-electron chi connectivity index (χ2n) is 6.24. The summed E-state index contributed by atoms with van der Waals surface area (Å²) in [6.45, 7) is 9.26. The van der Waals surface area contributed by atoms with Crippen LogP contribution in [-0.2, 0) is 6.54 Å². The lowest BCUT2D eigenvalue weighted by atomic mass is 10.2. The first-order valence-electron chi connectivity index (χ1n) is 8.12. The molecular weight excluding hydrogens is 288 g/mol. The molecule has 1 aliphatic rings. The highest BCUT2D eigenvalue weighted by molar-refractivity contribution is 5.54. The van der Waals surface area contributed by atoms with E-state index in [1.165, 1.54) is 5.69 Å². The summed E-state index contributed by atoms with van der Waals surface area (Å²) in [5, 5.41) is 7.39. The first-order valence-corrected chi connectivity index (χ1v) is 8.12. The average Bonchev–Trinajstić information content (AvgIpc) is 3.11. The summed E-state index contributed by atoms with van der Waals surface area (Å²) < 4.78 is 2.09. The molecule has 3 aromatic heterocycles. The van der Waals surface area contributed by atoms with Gasteiger partial charge in [-0.2, -0.15) is 5.10 Å². The minimum absolute atomic E-state index is 0.916. The van der Waals surface area contributed by atoms with E-state index in [-0.39, 0.29) is 0 Å². The van der Waals surface area contributed by atoms with E-state index < -0.39 is 0 Å². The van der Waals surface area contributed by atoms with Gasteiger partial charge < -0.3 is 9.30 Å². The van der Waals surface area contributed by atoms with Crippen molar-refractivity contribution in [2.24, 2.45) is 0 Å². The van der Waals surface area contributed by atoms with Crippen LogP contribution in [-0.4, -0.2) is 50.7 Å². The lowest BCUT2D eigenvalue weighted by Gasteiger charge is -2.35. The van der Waals surface area contributed by atoms with E-state index in [1.54, 1.807) is 0 Å². The van der Waals surface area contributed by atoms with Crippen molar-refractivity contribution in [1.29, 1.82) is 0 Å². The van der Waals surface area contributed by atoms with Gasteiger partial charge in [0.1, 0.15) is 5.65 Å². The first kappa shape index (κ1) is 14.3. The number of hydrogen-bond acceptors (Lipinski definition) is 4. The fourth-order valence-corrected chi connectivity index (χ4v) is 3.43. The third-order valence-corrected chi connectivity index (χ3v) is 4.58. The van der Waals surface area contributed by atoms with E-state index in [0.29, 0.717) is 0 Å². The Balaban J connectivity index is 1.41. The van der Waals surface area contributed by atoms with Gasteiger partial charge in [0.2, 0.25) is 0 Å². The number of aryl methyl sites for hydroxylation is 2. The van der Waals surface area contributed by atoms with Gasteiger partial charge in [-0.05, 0) is 26.0 Å². The van der Waals surface area contributed by atoms with Gasteiger partial charge >= 0.3 is 0 Å². The van der Waals surface area contributed by atoms with Gasteiger partial charge in [0.15, 0.2) is 0 Å². The summed E-state index contributed by atoms with van der Waals surface area (Å²) in [5.74, 6) is 0. The van der Waals surface area contributed by atoms with Gasteiger partial charge in [0.05, 0.1) is 22.8 Å². The molecule has 4 rings (SSSR count). The third-order valence-electron chi connectivity index (χ3n) is 4.58. The number of aromatic amines is 1. The molecule has 1 saturated heterocycles. The number of hydrogen-bond donors (Lipinski definition) is 1. The van der Waals surface area contributed by atoms with Gasteiger partial charge in [-0.1, -0.05) is 6.07 Å². The molecule has 6 heteroatoms. The van der Waals surface area contributed by atoms with Crippen LogP contribution in [0, 0.1) is 13.8 Å². The molecule has 1 N–H and O–H groups in total. The molecule has 0 unspecified atom stereocenters. The standard InChI is InChI=1S/C17H22N6/c1-13-17(14(2)20-19-13)22-9-7-21(8-10-22)11-15-12-23-6-4-3-5-16(23)18-15/h3-6,12H,7-11H2,1-2H3,(H,19,20). The van der Waals surface area contributed by atoms with Gasteiger partial charge in [-0.25, -0.2) is 4.98 Å². The van der Waals surface area contributed by atoms with E-state index in [0.717, 1.165) is 55.5 Å². The summed E-state index contributed by atoms with van der Waals surface area (Å²) in [4.78, 5) is 9.61. The fourth-order valence-electron chi connectivity index (χ4n) is 3.43. The minimum atomic E-state index is 0.916. The monoisotopic (exact) mass is 310 g/mol. The summed E-state index contributed by atoms with van der Waals surface area (Å²) in [6.07, 6.45) is 4.18. The topological polar surface area (TPSA) is 52.5 Å². The predicted octanol–water partition coefficient (Wildman–Crippen LogP) is 2.00. The highest BCUT2D eigenvalue weighted by Gasteiger charge is 2.21. The van der Waals surface area contributed by atoms with Gasteiger partial charge in [0.25, 0.3) is 0 Å². The Kier molecular flexibility index (Phi) is 3.53. The lowest BCUT2D eigenvalue weighted by molar-refractivity contribution is 0.247. The number of anilines is 1. The smallest absolute Gasteiger partial charge is 0.137 e. The molecule has 120 valence electrons. The van der Waals surface area contributed by atoms with Crippen molar-refractivity contribution in [3.63, 3.8) is 0 Å². The number of rotatable bonds is 3. The molecule has 0 radical (unpaired) electrons. The molecule has 4 heterocycles. The average molecular weight is 310 g/mol. The minimum Gasteiger partial charge on any atom is -0.366 e. The molecule has 0 aliphatic carbocycles. The quantitative estimate of drug-likeness (QED) is 0.804. The van der Waals surface area contributed by atoms with Crippen LogP contribution in [0.25, 0.3) is 5.65 Å². The van der Waals surface area contributed by atoms with Gasteiger partial charge in [0, 0.05) is 45.1 Å². The highest BCUT2D eigenvalue weighted by Crippen LogP contribution is 2.23. The van der Waals surface area contributed by atoms with E-state index in [9.17, 15) is 0 Å². The van der Waals surface area contributed by atoms with E-state index in [4.69, 9.17) is 4.98 Å². The van der Waals surface area contributed by atoms with Crippen molar-refractivity contribution in [3.05, 3.63) is 47.7 Å². The number of imidazole rings is 1. The Hall–Kier alpha value is -2.34. The molecule has 1 fully saturated rings. The number of H-pyrrole nitrogens is 1. The molecule has 0 bridgehead atoms. The molecule has 6 nitrogen and oxygen atoms in total. The van der Waals surface area contributed by atoms with Crippen molar-refractivity contribution in [2.75, 3.05) is 31.1 Å². The molecule has 0 saturated carbocycles. The predicted molar refractivity (Wildman–Crippen MR) is 90.7 cm³/mol. The second-order valence-corrected chi connectivity index (χ2v) is 6.24. The normalized spacial score (nSPS) is 16.3. The van der Waals surface area contributed by atoms with Crippen LogP contribution in [0.4, 0.5) is 5.69 Å². The number of pyridine rings is 1. The maximum atomic E-state index is 4.70. The number of nitrogens with zero attached hydrogens (tertiary/aromatic N) is 5. The molecular formula is C17H22N6. The SMILES string of the molecule is Cc1n[nH]c(C)c1N1CCN(Cc2cn3ccccc3n2)CC1. The Morgan fingerprint density at radius 1 is 1.13 bits per heavy atom. The Morgan fingerprint density at radius 3 is 2.65 bits per heavy atom. The van der Waals surface area contributed by atoms with Crippen LogP contribution in [0.5, 0.6) is 0 Å². The molecule has 3 aromatic rings. The maximum absolute atomic E-state index is 4.70. The first-order chi connectivity index (χ1) is 11.2. The Bertz CT molecular complexity index is 757. The number of fused-ring (bicyclic) bond motifs is 1. The fraction of sp³-hybridized carbons (Fsp3) is 0.412. The van der Waals surface area contributed by atoms with Crippen LogP contribution in [0.1, 0.15) is 17.1 Å². The highest BCUT2D eigenvalue weighted by atomic mass is 15.3. The summed E-state index contributed by atoms with van der Waals surface area (Å²) in [6, 6.07) is 6.11. The van der Waals surface area contributed by atoms with E-state index in [2.05, 4.69) is 44.4 Å². The largest absolute Gasteiger partial charge is 0.366 e. The van der Waals surface area contributed by atoms with Crippen molar-refractivity contribution >= 4 is 11.3 Å². The van der Waals surface area contributed by atoms with Crippen molar-refractivity contribution in [2.45, 2.75) is 20.4 Å². The van der Waals surface area contributed by atoms with Crippen LogP contribution < -0.4 is 4.90 Å². The number of aromatic nitrogens is 4. The van der Waals surface area contributed by atoms with Gasteiger partial charge in [-0.3, -0.25) is 10.00 Å². The van der Waals surface area contributed by atoms with Crippen molar-refractivity contribution in [1.82, 2.24) is 24.5 Å². The zero-order valence-electron chi connectivity index (χ0n) is 13.7. The second kappa shape index (κ2) is 5.70. The van der Waals surface area contributed by atoms with Crippen LogP contribution in [0.3, 0.4) is 0 Å². The summed E-state index contributed by atoms with van der Waals surface area (Å²) in [7, 11) is 0. The molecule has 0 atom stereocenters. The van der Waals surface area contributed by atoms with E-state index in [1.807, 2.05) is 24.4 Å². The van der Waals surface area contributed by atoms with E-state index >= 15 is 0 Å². The van der Waals surface area contributed by atoms with Crippen molar-refractivity contribution in [3.8, 4) is 0 Å². The number of piperazine rings is 1. The van der Waals surface area contributed by atoms with Crippen LogP contribution in [0.2, 0.25) is 0 Å². The molecule has 0 amide bonds. The zero-order chi connectivity index (χ0) is 15.8. The van der Waals surface area contributed by atoms with Crippen LogP contribution >= 0.6 is 0 Å². The molecule has 0 spiro atoms. The Labute approximate surface area is 135 Å². The maximum Gasteiger partial charge on any atom is 0.137 e. The lowest BCUT2D eigenvalue weighted by Crippen LogP contribution is -2.46. The summed E-state index contributed by atoms with van der Waals surface area (Å²) >= 11 is 0.